The molecule has 0 aliphatic rings. The summed E-state index contributed by atoms with van der Waals surface area (Å²) >= 11 is 3.64. The van der Waals surface area contributed by atoms with Gasteiger partial charge in [-0.15, -0.1) is 0 Å². The summed E-state index contributed by atoms with van der Waals surface area (Å²) in [5.41, 5.74) is 3.58. The second kappa shape index (κ2) is 5.42. The average Bonchev–Trinajstić information content (AvgIpc) is 2.43. The minimum Gasteiger partial charge on any atom is -0.496 e. The Bertz CT molecular complexity index is 663. The summed E-state index contributed by atoms with van der Waals surface area (Å²) in [5.74, 6) is 5.61. The average molecular weight is 337 g/mol. The zero-order valence-electron chi connectivity index (χ0n) is 11.7. The van der Waals surface area contributed by atoms with Crippen molar-refractivity contribution in [1.29, 1.82) is 0 Å². The molecule has 0 saturated heterocycles. The molecule has 0 bridgehead atoms. The largest absolute Gasteiger partial charge is 0.496 e. The molecule has 0 spiro atoms. The molecule has 2 aromatic carbocycles. The minimum absolute atomic E-state index is 0.337. The Kier molecular flexibility index (Phi) is 4.01. The number of hydrogen-bond donors (Lipinski definition) is 2. The van der Waals surface area contributed by atoms with Crippen LogP contribution in [0, 0.1) is 0 Å². The maximum atomic E-state index is 12.1. The van der Waals surface area contributed by atoms with Crippen molar-refractivity contribution in [2.75, 3.05) is 7.11 Å². The van der Waals surface area contributed by atoms with Crippen molar-refractivity contribution in [3.8, 4) is 5.75 Å². The number of hydrazine groups is 1. The second-order valence-corrected chi connectivity index (χ2v) is 6.98. The van der Waals surface area contributed by atoms with Crippen LogP contribution in [0.1, 0.15) is 29.8 Å². The van der Waals surface area contributed by atoms with Gasteiger partial charge in [0.2, 0.25) is 0 Å². The van der Waals surface area contributed by atoms with Crippen LogP contribution >= 0.6 is 15.9 Å². The van der Waals surface area contributed by atoms with E-state index in [2.05, 4.69) is 21.4 Å². The van der Waals surface area contributed by atoms with E-state index < -0.39 is 0 Å². The van der Waals surface area contributed by atoms with Gasteiger partial charge in [-0.2, -0.15) is 0 Å². The van der Waals surface area contributed by atoms with Gasteiger partial charge in [0.15, 0.2) is 0 Å². The monoisotopic (exact) mass is 336 g/mol. The highest BCUT2D eigenvalue weighted by atomic mass is 79.9. The fraction of sp³-hybridized carbons (Fsp3) is 0.267. The molecule has 0 radical (unpaired) electrons. The number of halogens is 1. The predicted octanol–water partition coefficient (Wildman–Crippen LogP) is 3.08. The molecule has 0 unspecified atom stereocenters. The van der Waals surface area contributed by atoms with Gasteiger partial charge >= 0.3 is 0 Å². The van der Waals surface area contributed by atoms with Crippen LogP contribution in [0.25, 0.3) is 10.8 Å². The van der Waals surface area contributed by atoms with Crippen LogP contribution < -0.4 is 16.0 Å². The Morgan fingerprint density at radius 3 is 2.40 bits per heavy atom. The number of carbonyl (C=O) groups excluding carboxylic acids is 1. The molecule has 4 nitrogen and oxygen atoms in total. The molecule has 0 aliphatic carbocycles. The summed E-state index contributed by atoms with van der Waals surface area (Å²) < 4.78 is 5.02. The summed E-state index contributed by atoms with van der Waals surface area (Å²) in [6.45, 7) is 3.99. The van der Waals surface area contributed by atoms with Gasteiger partial charge in [0.1, 0.15) is 5.75 Å². The number of rotatable bonds is 3. The number of alkyl halides is 1. The zero-order chi connectivity index (χ0) is 14.9. The molecule has 5 heteroatoms. The lowest BCUT2D eigenvalue weighted by Crippen LogP contribution is -2.32. The Labute approximate surface area is 126 Å². The molecule has 0 saturated carbocycles. The van der Waals surface area contributed by atoms with Crippen molar-refractivity contribution >= 4 is 32.6 Å². The van der Waals surface area contributed by atoms with Gasteiger partial charge in [-0.3, -0.25) is 10.2 Å². The van der Waals surface area contributed by atoms with Crippen LogP contribution in [0.2, 0.25) is 0 Å². The molecule has 106 valence electrons. The van der Waals surface area contributed by atoms with E-state index in [1.165, 1.54) is 0 Å². The highest BCUT2D eigenvalue weighted by Crippen LogP contribution is 2.41. The van der Waals surface area contributed by atoms with E-state index in [0.717, 1.165) is 16.3 Å². The van der Waals surface area contributed by atoms with Crippen molar-refractivity contribution in [2.24, 2.45) is 5.84 Å². The number of nitrogens with one attached hydrogen (secondary N) is 1. The van der Waals surface area contributed by atoms with E-state index in [0.29, 0.717) is 11.3 Å². The van der Waals surface area contributed by atoms with Gasteiger partial charge < -0.3 is 4.74 Å². The molecule has 0 aromatic heterocycles. The number of nitrogen functional groups attached to an aromatic ring is 1. The maximum Gasteiger partial charge on any atom is 0.265 e. The number of amides is 1. The highest BCUT2D eigenvalue weighted by Gasteiger charge is 2.27. The van der Waals surface area contributed by atoms with Crippen LogP contribution in [0.3, 0.4) is 0 Å². The molecule has 0 atom stereocenters. The van der Waals surface area contributed by atoms with E-state index in [1.807, 2.05) is 38.1 Å². The van der Waals surface area contributed by atoms with Crippen molar-refractivity contribution in [2.45, 2.75) is 18.2 Å². The fourth-order valence-corrected chi connectivity index (χ4v) is 2.84. The third-order valence-corrected chi connectivity index (χ3v) is 3.59. The molecule has 2 rings (SSSR count). The lowest BCUT2D eigenvalue weighted by atomic mass is 9.90. The third kappa shape index (κ3) is 2.51. The summed E-state index contributed by atoms with van der Waals surface area (Å²) in [6.07, 6.45) is 0. The van der Waals surface area contributed by atoms with Gasteiger partial charge in [-0.1, -0.05) is 40.2 Å². The quantitative estimate of drug-likeness (QED) is 0.392. The van der Waals surface area contributed by atoms with Crippen molar-refractivity contribution < 1.29 is 9.53 Å². The van der Waals surface area contributed by atoms with Crippen LogP contribution in [0.4, 0.5) is 0 Å². The molecule has 2 aromatic rings. The lowest BCUT2D eigenvalue weighted by molar-refractivity contribution is 0.0952. The van der Waals surface area contributed by atoms with Gasteiger partial charge in [-0.05, 0) is 30.9 Å². The first-order valence-electron chi connectivity index (χ1n) is 6.20. The van der Waals surface area contributed by atoms with E-state index in [9.17, 15) is 4.79 Å². The Morgan fingerprint density at radius 2 is 1.90 bits per heavy atom. The van der Waals surface area contributed by atoms with E-state index in [4.69, 9.17) is 10.6 Å². The first-order chi connectivity index (χ1) is 9.40. The van der Waals surface area contributed by atoms with Crippen molar-refractivity contribution in [3.05, 3.63) is 41.5 Å². The summed E-state index contributed by atoms with van der Waals surface area (Å²) in [5, 5.41) is 1.93. The Morgan fingerprint density at radius 1 is 1.30 bits per heavy atom. The predicted molar refractivity (Wildman–Crippen MR) is 84.1 cm³/mol. The van der Waals surface area contributed by atoms with E-state index in [1.54, 1.807) is 13.2 Å². The molecular formula is C15H17BrN2O2. The molecule has 0 fully saturated rings. The maximum absolute atomic E-state index is 12.1. The first kappa shape index (κ1) is 14.8. The number of carbonyl (C=O) groups is 1. The zero-order valence-corrected chi connectivity index (χ0v) is 13.2. The summed E-state index contributed by atoms with van der Waals surface area (Å²) in [7, 11) is 1.59. The van der Waals surface area contributed by atoms with Gasteiger partial charge in [0.05, 0.1) is 7.11 Å². The highest BCUT2D eigenvalue weighted by molar-refractivity contribution is 9.09. The topological polar surface area (TPSA) is 64.3 Å². The number of methoxy groups -OCH3 is 1. The van der Waals surface area contributed by atoms with Gasteiger partial charge in [0, 0.05) is 15.3 Å². The molecular weight excluding hydrogens is 320 g/mol. The number of fused-ring (bicyclic) bond motifs is 1. The van der Waals surface area contributed by atoms with Crippen LogP contribution in [-0.4, -0.2) is 13.0 Å². The lowest BCUT2D eigenvalue weighted by Gasteiger charge is -2.24. The number of nitrogens with two attached hydrogens (primary N) is 1. The van der Waals surface area contributed by atoms with Crippen LogP contribution in [0.5, 0.6) is 5.75 Å². The molecule has 3 N–H and O–H groups in total. The van der Waals surface area contributed by atoms with Crippen LogP contribution in [-0.2, 0) is 4.32 Å². The Balaban J connectivity index is 2.94. The molecule has 20 heavy (non-hydrogen) atoms. The molecule has 0 heterocycles. The normalized spacial score (nSPS) is 11.4. The van der Waals surface area contributed by atoms with E-state index in [-0.39, 0.29) is 10.2 Å². The van der Waals surface area contributed by atoms with Crippen molar-refractivity contribution in [3.63, 3.8) is 0 Å². The van der Waals surface area contributed by atoms with Gasteiger partial charge in [0.25, 0.3) is 5.91 Å². The van der Waals surface area contributed by atoms with Crippen LogP contribution in [0.15, 0.2) is 30.3 Å². The SMILES string of the molecule is COc1cc(C(=O)NN)c(C(C)(C)Br)c2ccccc12. The molecule has 1 amide bonds. The van der Waals surface area contributed by atoms with Crippen molar-refractivity contribution in [1.82, 2.24) is 5.43 Å². The summed E-state index contributed by atoms with van der Waals surface area (Å²) in [4.78, 5) is 12.1. The fourth-order valence-electron chi connectivity index (χ4n) is 2.41. The van der Waals surface area contributed by atoms with E-state index >= 15 is 0 Å². The number of hydrogen-bond acceptors (Lipinski definition) is 3. The Hall–Kier alpha value is -1.59. The van der Waals surface area contributed by atoms with Gasteiger partial charge in [-0.25, -0.2) is 5.84 Å². The smallest absolute Gasteiger partial charge is 0.265 e. The summed E-state index contributed by atoms with van der Waals surface area (Å²) in [6, 6.07) is 9.56. The molecule has 0 aliphatic heterocycles. The number of ether oxygens (including phenoxy) is 1. The standard InChI is InChI=1S/C15H17BrN2O2/c1-15(2,16)13-10-7-5-4-6-9(10)12(20-3)8-11(13)14(19)18-17/h4-8H,17H2,1-3H3,(H,18,19). The number of benzene rings is 2. The second-order valence-electron chi connectivity index (χ2n) is 4.99. The first-order valence-corrected chi connectivity index (χ1v) is 6.99. The third-order valence-electron chi connectivity index (χ3n) is 3.20. The minimum atomic E-state index is -0.374.